The minimum Gasteiger partial charge on any atom is -0.325 e. The van der Waals surface area contributed by atoms with Gasteiger partial charge in [0.1, 0.15) is 12.1 Å². The Morgan fingerprint density at radius 3 is 2.40 bits per heavy atom. The fourth-order valence-electron chi connectivity index (χ4n) is 5.05. The van der Waals surface area contributed by atoms with Crippen LogP contribution in [0.15, 0.2) is 47.4 Å². The lowest BCUT2D eigenvalue weighted by molar-refractivity contribution is -0.133. The Hall–Kier alpha value is -3.24. The van der Waals surface area contributed by atoms with E-state index in [-0.39, 0.29) is 4.90 Å². The van der Waals surface area contributed by atoms with Crippen LogP contribution in [0.2, 0.25) is 0 Å². The lowest BCUT2D eigenvalue weighted by atomic mass is 9.89. The topological polar surface area (TPSA) is 116 Å². The molecule has 3 aliphatic rings. The van der Waals surface area contributed by atoms with E-state index in [4.69, 9.17) is 0 Å². The van der Waals surface area contributed by atoms with Crippen LogP contribution in [0.25, 0.3) is 0 Å². The summed E-state index contributed by atoms with van der Waals surface area (Å²) in [5.74, 6) is -1.04. The number of hydrogen-bond acceptors (Lipinski definition) is 5. The molecule has 2 N–H and O–H groups in total. The first-order chi connectivity index (χ1) is 16.7. The van der Waals surface area contributed by atoms with Crippen LogP contribution in [0.3, 0.4) is 0 Å². The monoisotopic (exact) mass is 496 g/mol. The lowest BCUT2D eigenvalue weighted by Gasteiger charge is -2.23. The third kappa shape index (κ3) is 4.21. The highest BCUT2D eigenvalue weighted by Crippen LogP contribution is 2.32. The number of urea groups is 1. The zero-order chi connectivity index (χ0) is 24.8. The van der Waals surface area contributed by atoms with E-state index in [0.717, 1.165) is 37.0 Å². The first-order valence-electron chi connectivity index (χ1n) is 11.8. The van der Waals surface area contributed by atoms with Crippen molar-refractivity contribution in [1.29, 1.82) is 0 Å². The predicted octanol–water partition coefficient (Wildman–Crippen LogP) is 2.37. The smallest absolute Gasteiger partial charge is 0.325 e. The normalized spacial score (nSPS) is 22.4. The summed E-state index contributed by atoms with van der Waals surface area (Å²) in [5, 5.41) is 5.38. The second-order valence-corrected chi connectivity index (χ2v) is 11.4. The molecule has 35 heavy (non-hydrogen) atoms. The molecule has 184 valence electrons. The highest BCUT2D eigenvalue weighted by atomic mass is 32.2. The minimum absolute atomic E-state index is 0.164. The molecule has 9 nitrogen and oxygen atoms in total. The Balaban J connectivity index is 1.25. The first-order valence-corrected chi connectivity index (χ1v) is 13.3. The first kappa shape index (κ1) is 23.5. The van der Waals surface area contributed by atoms with Gasteiger partial charge in [-0.25, -0.2) is 13.2 Å². The van der Waals surface area contributed by atoms with Crippen molar-refractivity contribution >= 4 is 33.6 Å². The predicted molar refractivity (Wildman–Crippen MR) is 129 cm³/mol. The maximum atomic E-state index is 13.2. The molecule has 2 heterocycles. The molecular weight excluding hydrogens is 468 g/mol. The van der Waals surface area contributed by atoms with Gasteiger partial charge in [0, 0.05) is 18.8 Å². The zero-order valence-corrected chi connectivity index (χ0v) is 20.4. The number of nitrogens with zero attached hydrogens (tertiary/aromatic N) is 2. The maximum absolute atomic E-state index is 13.2. The van der Waals surface area contributed by atoms with Crippen LogP contribution < -0.4 is 10.6 Å². The van der Waals surface area contributed by atoms with Crippen molar-refractivity contribution in [3.63, 3.8) is 0 Å². The van der Waals surface area contributed by atoms with Crippen molar-refractivity contribution in [3.05, 3.63) is 59.2 Å². The van der Waals surface area contributed by atoms with Gasteiger partial charge in [0.05, 0.1) is 4.90 Å². The summed E-state index contributed by atoms with van der Waals surface area (Å²) in [5.41, 5.74) is 2.31. The number of imide groups is 1. The fourth-order valence-corrected chi connectivity index (χ4v) is 6.57. The average molecular weight is 497 g/mol. The van der Waals surface area contributed by atoms with E-state index in [9.17, 15) is 22.8 Å². The molecule has 2 fully saturated rings. The Bertz CT molecular complexity index is 1300. The van der Waals surface area contributed by atoms with Gasteiger partial charge in [0.25, 0.3) is 5.91 Å². The number of nitrogens with one attached hydrogen (secondary N) is 2. The van der Waals surface area contributed by atoms with E-state index in [1.54, 1.807) is 6.92 Å². The number of carbonyl (C=O) groups excluding carboxylic acids is 3. The summed E-state index contributed by atoms with van der Waals surface area (Å²) in [6, 6.07) is 11.1. The van der Waals surface area contributed by atoms with Crippen LogP contribution in [-0.4, -0.2) is 55.1 Å². The van der Waals surface area contributed by atoms with E-state index in [1.807, 2.05) is 18.2 Å². The van der Waals surface area contributed by atoms with Crippen LogP contribution in [0, 0.1) is 0 Å². The molecule has 1 atom stereocenters. The van der Waals surface area contributed by atoms with Crippen LogP contribution >= 0.6 is 0 Å². The van der Waals surface area contributed by atoms with Gasteiger partial charge in [-0.05, 0) is 80.0 Å². The van der Waals surface area contributed by atoms with Crippen molar-refractivity contribution in [2.45, 2.75) is 49.5 Å². The Labute approximate surface area is 204 Å². The minimum atomic E-state index is -3.55. The molecule has 2 saturated heterocycles. The molecule has 0 spiro atoms. The SMILES string of the molecule is C[C@]1(c2ccc3c(c2)CCC3)NC(=O)N(CC(=O)Nc2ccc(S(=O)(=O)N3CCCC3)cc2)C1=O. The third-order valence-corrected chi connectivity index (χ3v) is 9.01. The van der Waals surface area contributed by atoms with Gasteiger partial charge in [0.15, 0.2) is 0 Å². The number of sulfonamides is 1. The van der Waals surface area contributed by atoms with Crippen LogP contribution in [-0.2, 0) is 38.0 Å². The number of aryl methyl sites for hydroxylation is 2. The number of anilines is 1. The maximum Gasteiger partial charge on any atom is 0.325 e. The highest BCUT2D eigenvalue weighted by Gasteiger charge is 2.49. The van der Waals surface area contributed by atoms with Gasteiger partial charge in [-0.1, -0.05) is 18.2 Å². The summed E-state index contributed by atoms with van der Waals surface area (Å²) >= 11 is 0. The molecular formula is C25H28N4O5S. The van der Waals surface area contributed by atoms with Crippen molar-refractivity contribution in [3.8, 4) is 0 Å². The molecule has 0 saturated carbocycles. The molecule has 0 bridgehead atoms. The Morgan fingerprint density at radius 2 is 1.69 bits per heavy atom. The largest absolute Gasteiger partial charge is 0.325 e. The molecule has 1 aliphatic carbocycles. The van der Waals surface area contributed by atoms with Crippen LogP contribution in [0.1, 0.15) is 42.9 Å². The summed E-state index contributed by atoms with van der Waals surface area (Å²) in [6.45, 7) is 2.23. The van der Waals surface area contributed by atoms with Crippen LogP contribution in [0.4, 0.5) is 10.5 Å². The summed E-state index contributed by atoms with van der Waals surface area (Å²) in [7, 11) is -3.55. The van der Waals surface area contributed by atoms with Crippen molar-refractivity contribution in [1.82, 2.24) is 14.5 Å². The van der Waals surface area contributed by atoms with Crippen molar-refractivity contribution in [2.24, 2.45) is 0 Å². The van der Waals surface area contributed by atoms with Gasteiger partial charge >= 0.3 is 6.03 Å². The quantitative estimate of drug-likeness (QED) is 0.596. The lowest BCUT2D eigenvalue weighted by Crippen LogP contribution is -2.42. The Morgan fingerprint density at radius 1 is 1.00 bits per heavy atom. The van der Waals surface area contributed by atoms with Gasteiger partial charge in [-0.3, -0.25) is 14.5 Å². The van der Waals surface area contributed by atoms with Crippen LogP contribution in [0.5, 0.6) is 0 Å². The second-order valence-electron chi connectivity index (χ2n) is 9.47. The van der Waals surface area contributed by atoms with Crippen molar-refractivity contribution < 1.29 is 22.8 Å². The number of benzene rings is 2. The Kier molecular flexibility index (Phi) is 5.88. The summed E-state index contributed by atoms with van der Waals surface area (Å²) in [6.07, 6.45) is 4.74. The zero-order valence-electron chi connectivity index (χ0n) is 19.5. The van der Waals surface area contributed by atoms with E-state index in [2.05, 4.69) is 10.6 Å². The fraction of sp³-hybridized carbons (Fsp3) is 0.400. The molecule has 2 aliphatic heterocycles. The summed E-state index contributed by atoms with van der Waals surface area (Å²) < 4.78 is 26.8. The molecule has 5 rings (SSSR count). The van der Waals surface area contributed by atoms with Gasteiger partial charge in [0.2, 0.25) is 15.9 Å². The van der Waals surface area contributed by atoms with E-state index in [0.29, 0.717) is 24.3 Å². The molecule has 2 aromatic carbocycles. The number of rotatable bonds is 6. The molecule has 0 aromatic heterocycles. The molecule has 10 heteroatoms. The summed E-state index contributed by atoms with van der Waals surface area (Å²) in [4.78, 5) is 39.5. The van der Waals surface area contributed by atoms with Gasteiger partial charge in [-0.2, -0.15) is 4.31 Å². The molecule has 4 amide bonds. The van der Waals surface area contributed by atoms with E-state index >= 15 is 0 Å². The molecule has 2 aromatic rings. The third-order valence-electron chi connectivity index (χ3n) is 7.09. The van der Waals surface area contributed by atoms with E-state index < -0.39 is 40.0 Å². The highest BCUT2D eigenvalue weighted by molar-refractivity contribution is 7.89. The number of carbonyl (C=O) groups is 3. The number of fused-ring (bicyclic) bond motifs is 1. The second kappa shape index (κ2) is 8.76. The number of hydrogen-bond donors (Lipinski definition) is 2. The standard InChI is InChI=1S/C25H28N4O5S/c1-25(19-8-7-17-5-4-6-18(17)15-19)23(31)29(24(32)27-25)16-22(30)26-20-9-11-21(12-10-20)35(33,34)28-13-2-3-14-28/h7-12,15H,2-6,13-14,16H2,1H3,(H,26,30)(H,27,32)/t25-/m1/s1. The molecule has 0 radical (unpaired) electrons. The van der Waals surface area contributed by atoms with E-state index in [1.165, 1.54) is 39.7 Å². The van der Waals surface area contributed by atoms with Crippen molar-refractivity contribution in [2.75, 3.05) is 25.0 Å². The van der Waals surface area contributed by atoms with Gasteiger partial charge < -0.3 is 10.6 Å². The van der Waals surface area contributed by atoms with Gasteiger partial charge in [-0.15, -0.1) is 0 Å². The average Bonchev–Trinajstić information content (AvgIpc) is 3.57. The molecule has 0 unspecified atom stereocenters. The number of amides is 4.